The summed E-state index contributed by atoms with van der Waals surface area (Å²) in [6.45, 7) is 4.90. The lowest BCUT2D eigenvalue weighted by atomic mass is 10.2. The van der Waals surface area contributed by atoms with Crippen molar-refractivity contribution in [3.05, 3.63) is 65.9 Å². The van der Waals surface area contributed by atoms with Crippen LogP contribution in [0.25, 0.3) is 0 Å². The second-order valence-electron chi connectivity index (χ2n) is 5.70. The SMILES string of the molecule is C=C(CNC(=O)NCc1ccc(N)cc1)NCc1cccc(OC)c1O. The largest absolute Gasteiger partial charge is 0.504 e. The summed E-state index contributed by atoms with van der Waals surface area (Å²) in [4.78, 5) is 11.8. The summed E-state index contributed by atoms with van der Waals surface area (Å²) in [5.41, 5.74) is 8.56. The zero-order chi connectivity index (χ0) is 18.9. The molecule has 26 heavy (non-hydrogen) atoms. The number of nitrogens with one attached hydrogen (secondary N) is 3. The van der Waals surface area contributed by atoms with Crippen LogP contribution in [0.4, 0.5) is 10.5 Å². The molecule has 2 amide bonds. The monoisotopic (exact) mass is 356 g/mol. The third-order valence-electron chi connectivity index (χ3n) is 3.73. The highest BCUT2D eigenvalue weighted by Crippen LogP contribution is 2.29. The summed E-state index contributed by atoms with van der Waals surface area (Å²) >= 11 is 0. The zero-order valence-corrected chi connectivity index (χ0v) is 14.7. The van der Waals surface area contributed by atoms with Gasteiger partial charge < -0.3 is 31.5 Å². The van der Waals surface area contributed by atoms with E-state index in [2.05, 4.69) is 22.5 Å². The number of phenolic OH excluding ortho intramolecular Hbond substituents is 1. The van der Waals surface area contributed by atoms with Gasteiger partial charge in [0.2, 0.25) is 0 Å². The number of amides is 2. The number of hydrogen-bond donors (Lipinski definition) is 5. The number of aromatic hydroxyl groups is 1. The summed E-state index contributed by atoms with van der Waals surface area (Å²) in [5.74, 6) is 0.500. The molecule has 138 valence electrons. The molecule has 0 saturated carbocycles. The van der Waals surface area contributed by atoms with E-state index in [9.17, 15) is 9.90 Å². The second kappa shape index (κ2) is 9.22. The maximum Gasteiger partial charge on any atom is 0.315 e. The van der Waals surface area contributed by atoms with E-state index in [-0.39, 0.29) is 18.3 Å². The van der Waals surface area contributed by atoms with Gasteiger partial charge in [-0.25, -0.2) is 4.79 Å². The molecule has 6 N–H and O–H groups in total. The molecule has 0 aliphatic rings. The van der Waals surface area contributed by atoms with Crippen LogP contribution in [0.3, 0.4) is 0 Å². The maximum absolute atomic E-state index is 11.8. The third-order valence-corrected chi connectivity index (χ3v) is 3.73. The number of nitrogens with two attached hydrogens (primary N) is 1. The highest BCUT2D eigenvalue weighted by Gasteiger charge is 2.07. The Morgan fingerprint density at radius 1 is 1.12 bits per heavy atom. The van der Waals surface area contributed by atoms with Crippen molar-refractivity contribution < 1.29 is 14.6 Å². The normalized spacial score (nSPS) is 10.0. The lowest BCUT2D eigenvalue weighted by molar-refractivity contribution is 0.241. The van der Waals surface area contributed by atoms with Gasteiger partial charge in [-0.15, -0.1) is 0 Å². The van der Waals surface area contributed by atoms with Crippen molar-refractivity contribution in [2.75, 3.05) is 19.4 Å². The number of urea groups is 1. The van der Waals surface area contributed by atoms with Crippen LogP contribution >= 0.6 is 0 Å². The lowest BCUT2D eigenvalue weighted by Crippen LogP contribution is -2.37. The first-order valence-corrected chi connectivity index (χ1v) is 8.12. The van der Waals surface area contributed by atoms with Gasteiger partial charge in [-0.3, -0.25) is 0 Å². The number of carbonyl (C=O) groups excluding carboxylic acids is 1. The van der Waals surface area contributed by atoms with Crippen LogP contribution in [0.2, 0.25) is 0 Å². The molecular weight excluding hydrogens is 332 g/mol. The molecule has 0 aliphatic heterocycles. The molecule has 2 rings (SSSR count). The van der Waals surface area contributed by atoms with Crippen molar-refractivity contribution >= 4 is 11.7 Å². The van der Waals surface area contributed by atoms with E-state index in [4.69, 9.17) is 10.5 Å². The summed E-state index contributed by atoms with van der Waals surface area (Å²) in [7, 11) is 1.50. The number of rotatable bonds is 8. The molecule has 2 aromatic carbocycles. The highest BCUT2D eigenvalue weighted by molar-refractivity contribution is 5.74. The van der Waals surface area contributed by atoms with Gasteiger partial charge in [0.05, 0.1) is 13.7 Å². The van der Waals surface area contributed by atoms with Crippen LogP contribution in [-0.4, -0.2) is 24.8 Å². The number of para-hydroxylation sites is 1. The quantitative estimate of drug-likeness (QED) is 0.465. The van der Waals surface area contributed by atoms with Crippen molar-refractivity contribution in [2.24, 2.45) is 0 Å². The predicted octanol–water partition coefficient (Wildman–Crippen LogP) is 2.09. The maximum atomic E-state index is 11.8. The van der Waals surface area contributed by atoms with Gasteiger partial charge in [0, 0.05) is 30.0 Å². The Balaban J connectivity index is 1.71. The Kier molecular flexibility index (Phi) is 6.73. The number of anilines is 1. The van der Waals surface area contributed by atoms with E-state index in [0.29, 0.717) is 35.8 Å². The number of carbonyl (C=O) groups is 1. The van der Waals surface area contributed by atoms with Gasteiger partial charge in [-0.2, -0.15) is 0 Å². The topological polar surface area (TPSA) is 109 Å². The minimum absolute atomic E-state index is 0.0875. The van der Waals surface area contributed by atoms with Gasteiger partial charge in [0.25, 0.3) is 0 Å². The lowest BCUT2D eigenvalue weighted by Gasteiger charge is -2.13. The average Bonchev–Trinajstić information content (AvgIpc) is 2.65. The molecule has 0 radical (unpaired) electrons. The number of nitrogen functional groups attached to an aromatic ring is 1. The summed E-state index contributed by atoms with van der Waals surface area (Å²) in [6.07, 6.45) is 0. The van der Waals surface area contributed by atoms with Gasteiger partial charge in [-0.05, 0) is 23.8 Å². The van der Waals surface area contributed by atoms with Gasteiger partial charge in [-0.1, -0.05) is 30.8 Å². The fraction of sp³-hybridized carbons (Fsp3) is 0.211. The Hall–Kier alpha value is -3.35. The number of methoxy groups -OCH3 is 1. The standard InChI is InChI=1S/C19H24N4O3/c1-13(21-12-15-4-3-5-17(26-2)18(15)24)10-22-19(25)23-11-14-6-8-16(20)9-7-14/h3-9,21,24H,1,10-12,20H2,2H3,(H2,22,23,25). The van der Waals surface area contributed by atoms with Crippen LogP contribution in [-0.2, 0) is 13.1 Å². The van der Waals surface area contributed by atoms with Crippen molar-refractivity contribution in [3.63, 3.8) is 0 Å². The number of ether oxygens (including phenoxy) is 1. The number of hydrogen-bond acceptors (Lipinski definition) is 5. The van der Waals surface area contributed by atoms with Crippen LogP contribution < -0.4 is 26.4 Å². The first-order chi connectivity index (χ1) is 12.5. The van der Waals surface area contributed by atoms with Crippen molar-refractivity contribution in [1.29, 1.82) is 0 Å². The molecule has 2 aromatic rings. The summed E-state index contributed by atoms with van der Waals surface area (Å²) < 4.78 is 5.07. The molecular formula is C19H24N4O3. The van der Waals surface area contributed by atoms with Crippen molar-refractivity contribution in [1.82, 2.24) is 16.0 Å². The molecule has 0 heterocycles. The molecule has 7 heteroatoms. The first-order valence-electron chi connectivity index (χ1n) is 8.12. The minimum Gasteiger partial charge on any atom is -0.504 e. The van der Waals surface area contributed by atoms with Crippen LogP contribution in [0, 0.1) is 0 Å². The van der Waals surface area contributed by atoms with E-state index in [1.807, 2.05) is 12.1 Å². The van der Waals surface area contributed by atoms with Gasteiger partial charge in [0.15, 0.2) is 11.5 Å². The Morgan fingerprint density at radius 3 is 2.54 bits per heavy atom. The third kappa shape index (κ3) is 5.62. The first kappa shape index (κ1) is 19.0. The van der Waals surface area contributed by atoms with Crippen LogP contribution in [0.5, 0.6) is 11.5 Å². The molecule has 0 saturated heterocycles. The molecule has 0 atom stereocenters. The zero-order valence-electron chi connectivity index (χ0n) is 14.7. The molecule has 7 nitrogen and oxygen atoms in total. The Bertz CT molecular complexity index is 760. The molecule has 0 unspecified atom stereocenters. The molecule has 0 spiro atoms. The predicted molar refractivity (Wildman–Crippen MR) is 102 cm³/mol. The average molecular weight is 356 g/mol. The van der Waals surface area contributed by atoms with Crippen LogP contribution in [0.1, 0.15) is 11.1 Å². The number of benzene rings is 2. The van der Waals surface area contributed by atoms with E-state index >= 15 is 0 Å². The molecule has 0 aromatic heterocycles. The number of phenols is 1. The van der Waals surface area contributed by atoms with Gasteiger partial charge >= 0.3 is 6.03 Å². The molecule has 0 aliphatic carbocycles. The fourth-order valence-corrected chi connectivity index (χ4v) is 2.23. The Labute approximate surface area is 152 Å². The molecule has 0 bridgehead atoms. The fourth-order valence-electron chi connectivity index (χ4n) is 2.23. The summed E-state index contributed by atoms with van der Waals surface area (Å²) in [5, 5.41) is 18.6. The van der Waals surface area contributed by atoms with E-state index < -0.39 is 0 Å². The highest BCUT2D eigenvalue weighted by atomic mass is 16.5. The van der Waals surface area contributed by atoms with Crippen molar-refractivity contribution in [3.8, 4) is 11.5 Å². The second-order valence-corrected chi connectivity index (χ2v) is 5.70. The minimum atomic E-state index is -0.297. The van der Waals surface area contributed by atoms with E-state index in [0.717, 1.165) is 5.56 Å². The molecule has 0 fully saturated rings. The summed E-state index contributed by atoms with van der Waals surface area (Å²) in [6, 6.07) is 12.2. The smallest absolute Gasteiger partial charge is 0.315 e. The van der Waals surface area contributed by atoms with Crippen molar-refractivity contribution in [2.45, 2.75) is 13.1 Å². The van der Waals surface area contributed by atoms with Gasteiger partial charge in [0.1, 0.15) is 0 Å². The van der Waals surface area contributed by atoms with Crippen LogP contribution in [0.15, 0.2) is 54.7 Å². The Morgan fingerprint density at radius 2 is 1.85 bits per heavy atom. The van der Waals surface area contributed by atoms with E-state index in [1.54, 1.807) is 30.3 Å². The van der Waals surface area contributed by atoms with E-state index in [1.165, 1.54) is 7.11 Å².